The molecule has 0 spiro atoms. The van der Waals surface area contributed by atoms with E-state index < -0.39 is 5.97 Å². The van der Waals surface area contributed by atoms with Crippen molar-refractivity contribution in [2.24, 2.45) is 0 Å². The third-order valence-corrected chi connectivity index (χ3v) is 3.37. The van der Waals surface area contributed by atoms with Crippen LogP contribution in [0.1, 0.15) is 28.4 Å². The number of anilines is 1. The molecule has 0 aliphatic rings. The Kier molecular flexibility index (Phi) is 4.64. The molecule has 0 aliphatic carbocycles. The number of hydrogen-bond donors (Lipinski definition) is 1. The molecule has 0 atom stereocenters. The third-order valence-electron chi connectivity index (χ3n) is 3.05. The lowest BCUT2D eigenvalue weighted by atomic mass is 10.1. The molecule has 2 aromatic rings. The van der Waals surface area contributed by atoms with Crippen molar-refractivity contribution >= 4 is 23.3 Å². The molecule has 20 heavy (non-hydrogen) atoms. The van der Waals surface area contributed by atoms with Gasteiger partial charge in [0.05, 0.1) is 5.02 Å². The highest BCUT2D eigenvalue weighted by Crippen LogP contribution is 2.23. The predicted octanol–water partition coefficient (Wildman–Crippen LogP) is 3.84. The van der Waals surface area contributed by atoms with Gasteiger partial charge in [-0.25, -0.2) is 4.79 Å². The van der Waals surface area contributed by atoms with E-state index in [2.05, 4.69) is 6.92 Å². The van der Waals surface area contributed by atoms with Gasteiger partial charge in [0.2, 0.25) is 0 Å². The van der Waals surface area contributed by atoms with Crippen LogP contribution in [0.4, 0.5) is 5.69 Å². The molecule has 0 saturated carbocycles. The molecule has 0 amide bonds. The summed E-state index contributed by atoms with van der Waals surface area (Å²) in [6, 6.07) is 12.9. The van der Waals surface area contributed by atoms with E-state index in [1.54, 1.807) is 18.2 Å². The van der Waals surface area contributed by atoms with Crippen LogP contribution in [0.5, 0.6) is 0 Å². The highest BCUT2D eigenvalue weighted by molar-refractivity contribution is 6.34. The van der Waals surface area contributed by atoms with Crippen molar-refractivity contribution in [3.8, 4) is 0 Å². The van der Waals surface area contributed by atoms with Crippen LogP contribution in [0.25, 0.3) is 0 Å². The number of benzene rings is 2. The maximum absolute atomic E-state index is 12.0. The van der Waals surface area contributed by atoms with Crippen molar-refractivity contribution < 1.29 is 9.53 Å². The Hall–Kier alpha value is -2.00. The van der Waals surface area contributed by atoms with Gasteiger partial charge in [-0.2, -0.15) is 0 Å². The van der Waals surface area contributed by atoms with Gasteiger partial charge in [-0.3, -0.25) is 0 Å². The minimum Gasteiger partial charge on any atom is -0.457 e. The first-order chi connectivity index (χ1) is 9.61. The van der Waals surface area contributed by atoms with Crippen molar-refractivity contribution in [2.75, 3.05) is 5.73 Å². The summed E-state index contributed by atoms with van der Waals surface area (Å²) in [5, 5.41) is 0.302. The molecule has 0 radical (unpaired) electrons. The fraction of sp³-hybridized carbons (Fsp3) is 0.188. The standard InChI is InChI=1S/C16H16ClNO2/c1-2-11-6-8-12(9-7-11)10-20-16(19)15-13(17)4-3-5-14(15)18/h3-9H,2,10,18H2,1H3. The van der Waals surface area contributed by atoms with E-state index in [0.29, 0.717) is 10.7 Å². The maximum Gasteiger partial charge on any atom is 0.342 e. The predicted molar refractivity (Wildman–Crippen MR) is 80.8 cm³/mol. The minimum atomic E-state index is -0.507. The highest BCUT2D eigenvalue weighted by atomic mass is 35.5. The Balaban J connectivity index is 2.05. The second-order valence-electron chi connectivity index (χ2n) is 4.45. The molecule has 0 fully saturated rings. The Morgan fingerprint density at radius 2 is 1.80 bits per heavy atom. The van der Waals surface area contributed by atoms with E-state index in [1.165, 1.54) is 5.56 Å². The van der Waals surface area contributed by atoms with Crippen LogP contribution in [0.2, 0.25) is 5.02 Å². The number of aryl methyl sites for hydroxylation is 1. The second-order valence-corrected chi connectivity index (χ2v) is 4.86. The summed E-state index contributed by atoms with van der Waals surface area (Å²) < 4.78 is 5.25. The molecular formula is C16H16ClNO2. The van der Waals surface area contributed by atoms with Crippen LogP contribution in [-0.4, -0.2) is 5.97 Å². The monoisotopic (exact) mass is 289 g/mol. The van der Waals surface area contributed by atoms with Crippen molar-refractivity contribution in [3.05, 3.63) is 64.2 Å². The molecule has 0 saturated heterocycles. The van der Waals surface area contributed by atoms with E-state index >= 15 is 0 Å². The van der Waals surface area contributed by atoms with E-state index in [1.807, 2.05) is 24.3 Å². The first-order valence-corrected chi connectivity index (χ1v) is 6.78. The zero-order valence-electron chi connectivity index (χ0n) is 11.2. The summed E-state index contributed by atoms with van der Waals surface area (Å²) >= 11 is 5.96. The van der Waals surface area contributed by atoms with Gasteiger partial charge in [0, 0.05) is 5.69 Å². The lowest BCUT2D eigenvalue weighted by Gasteiger charge is -2.09. The largest absolute Gasteiger partial charge is 0.457 e. The summed E-state index contributed by atoms with van der Waals surface area (Å²) in [4.78, 5) is 12.0. The summed E-state index contributed by atoms with van der Waals surface area (Å²) in [7, 11) is 0. The molecule has 104 valence electrons. The lowest BCUT2D eigenvalue weighted by molar-refractivity contribution is 0.0474. The number of ether oxygens (including phenoxy) is 1. The van der Waals surface area contributed by atoms with E-state index in [4.69, 9.17) is 22.1 Å². The number of hydrogen-bond acceptors (Lipinski definition) is 3. The number of halogens is 1. The molecule has 0 unspecified atom stereocenters. The van der Waals surface area contributed by atoms with E-state index in [0.717, 1.165) is 12.0 Å². The van der Waals surface area contributed by atoms with Crippen LogP contribution in [0.3, 0.4) is 0 Å². The van der Waals surface area contributed by atoms with Gasteiger partial charge in [0.1, 0.15) is 12.2 Å². The number of esters is 1. The molecule has 2 aromatic carbocycles. The zero-order chi connectivity index (χ0) is 14.5. The Morgan fingerprint density at radius 1 is 1.15 bits per heavy atom. The van der Waals surface area contributed by atoms with Gasteiger partial charge < -0.3 is 10.5 Å². The second kappa shape index (κ2) is 6.44. The smallest absolute Gasteiger partial charge is 0.342 e. The van der Waals surface area contributed by atoms with Crippen LogP contribution < -0.4 is 5.73 Å². The first kappa shape index (κ1) is 14.4. The Morgan fingerprint density at radius 3 is 2.40 bits per heavy atom. The molecule has 0 bridgehead atoms. The number of nitrogen functional groups attached to an aromatic ring is 1. The van der Waals surface area contributed by atoms with Crippen LogP contribution >= 0.6 is 11.6 Å². The van der Waals surface area contributed by atoms with Gasteiger partial charge in [-0.1, -0.05) is 48.9 Å². The molecule has 0 aliphatic heterocycles. The van der Waals surface area contributed by atoms with Crippen molar-refractivity contribution in [1.82, 2.24) is 0 Å². The summed E-state index contributed by atoms with van der Waals surface area (Å²) in [5.74, 6) is -0.507. The van der Waals surface area contributed by atoms with Crippen molar-refractivity contribution in [1.29, 1.82) is 0 Å². The van der Waals surface area contributed by atoms with Crippen LogP contribution in [0.15, 0.2) is 42.5 Å². The van der Waals surface area contributed by atoms with Gasteiger partial charge >= 0.3 is 5.97 Å². The summed E-state index contributed by atoms with van der Waals surface area (Å²) in [6.45, 7) is 2.29. The minimum absolute atomic E-state index is 0.202. The van der Waals surface area contributed by atoms with Crippen molar-refractivity contribution in [2.45, 2.75) is 20.0 Å². The van der Waals surface area contributed by atoms with E-state index in [9.17, 15) is 4.79 Å². The molecule has 0 aromatic heterocycles. The quantitative estimate of drug-likeness (QED) is 0.687. The average Bonchev–Trinajstić information content (AvgIpc) is 2.45. The molecule has 3 nitrogen and oxygen atoms in total. The number of rotatable bonds is 4. The number of nitrogens with two attached hydrogens (primary N) is 1. The fourth-order valence-corrected chi connectivity index (χ4v) is 2.11. The zero-order valence-corrected chi connectivity index (χ0v) is 12.0. The summed E-state index contributed by atoms with van der Waals surface area (Å²) in [6.07, 6.45) is 0.982. The van der Waals surface area contributed by atoms with E-state index in [-0.39, 0.29) is 12.2 Å². The molecule has 2 N–H and O–H groups in total. The third kappa shape index (κ3) is 3.31. The lowest BCUT2D eigenvalue weighted by Crippen LogP contribution is -2.09. The van der Waals surface area contributed by atoms with Crippen molar-refractivity contribution in [3.63, 3.8) is 0 Å². The highest BCUT2D eigenvalue weighted by Gasteiger charge is 2.15. The Labute approximate surface area is 123 Å². The van der Waals surface area contributed by atoms with Gasteiger partial charge in [-0.15, -0.1) is 0 Å². The average molecular weight is 290 g/mol. The number of carbonyl (C=O) groups is 1. The number of carbonyl (C=O) groups excluding carboxylic acids is 1. The van der Waals surface area contributed by atoms with Gasteiger partial charge in [0.25, 0.3) is 0 Å². The summed E-state index contributed by atoms with van der Waals surface area (Å²) in [5.41, 5.74) is 8.47. The first-order valence-electron chi connectivity index (χ1n) is 6.40. The SMILES string of the molecule is CCc1ccc(COC(=O)c2c(N)cccc2Cl)cc1. The fourth-order valence-electron chi connectivity index (χ4n) is 1.85. The maximum atomic E-state index is 12.0. The molecular weight excluding hydrogens is 274 g/mol. The normalized spacial score (nSPS) is 10.3. The Bertz CT molecular complexity index is 588. The van der Waals surface area contributed by atoms with Gasteiger partial charge in [-0.05, 0) is 29.7 Å². The van der Waals surface area contributed by atoms with Gasteiger partial charge in [0.15, 0.2) is 0 Å². The topological polar surface area (TPSA) is 52.3 Å². The molecule has 2 rings (SSSR count). The van der Waals surface area contributed by atoms with Crippen LogP contribution in [-0.2, 0) is 17.8 Å². The molecule has 4 heteroatoms. The molecule has 0 heterocycles. The van der Waals surface area contributed by atoms with Crippen LogP contribution in [0, 0.1) is 0 Å².